The number of hydrogen-bond donors (Lipinski definition) is 2. The van der Waals surface area contributed by atoms with Crippen LogP contribution in [0, 0.1) is 5.82 Å². The number of fused-ring (bicyclic) bond motifs is 1. The Bertz CT molecular complexity index is 718. The zero-order valence-corrected chi connectivity index (χ0v) is 13.5. The van der Waals surface area contributed by atoms with Crippen LogP contribution in [0.1, 0.15) is 12.0 Å². The van der Waals surface area contributed by atoms with Crippen LogP contribution in [0.15, 0.2) is 24.4 Å². The molecular formula is C17H21FN2O4. The van der Waals surface area contributed by atoms with Crippen molar-refractivity contribution >= 4 is 17.1 Å². The predicted octanol–water partition coefficient (Wildman–Crippen LogP) is 2.07. The van der Waals surface area contributed by atoms with Gasteiger partial charge in [-0.25, -0.2) is 9.18 Å². The summed E-state index contributed by atoms with van der Waals surface area (Å²) >= 11 is 0. The van der Waals surface area contributed by atoms with Crippen molar-refractivity contribution in [2.75, 3.05) is 26.7 Å². The topological polar surface area (TPSA) is 74.8 Å². The van der Waals surface area contributed by atoms with E-state index in [9.17, 15) is 14.3 Å². The number of nitrogens with one attached hydrogen (secondary N) is 1. The van der Waals surface area contributed by atoms with Crippen LogP contribution in [-0.4, -0.2) is 60.1 Å². The molecule has 0 aliphatic carbocycles. The monoisotopic (exact) mass is 336 g/mol. The first-order valence-electron chi connectivity index (χ1n) is 7.97. The van der Waals surface area contributed by atoms with Gasteiger partial charge in [0.1, 0.15) is 11.9 Å². The fraction of sp³-hybridized carbons (Fsp3) is 0.471. The van der Waals surface area contributed by atoms with Crippen molar-refractivity contribution in [3.05, 3.63) is 35.8 Å². The van der Waals surface area contributed by atoms with Crippen molar-refractivity contribution in [2.24, 2.45) is 0 Å². The second kappa shape index (κ2) is 7.19. The number of aliphatic hydroxyl groups excluding tert-OH is 1. The second-order valence-corrected chi connectivity index (χ2v) is 6.02. The fourth-order valence-electron chi connectivity index (χ4n) is 3.09. The molecule has 2 N–H and O–H groups in total. The van der Waals surface area contributed by atoms with Crippen LogP contribution >= 0.6 is 0 Å². The Hall–Kier alpha value is -2.12. The average Bonchev–Trinajstić information content (AvgIpc) is 2.97. The number of likely N-dealkylation sites (tertiary alicyclic amines) is 1. The van der Waals surface area contributed by atoms with E-state index >= 15 is 0 Å². The van der Waals surface area contributed by atoms with Crippen molar-refractivity contribution in [2.45, 2.75) is 25.0 Å². The number of halogens is 1. The van der Waals surface area contributed by atoms with Gasteiger partial charge >= 0.3 is 6.16 Å². The van der Waals surface area contributed by atoms with E-state index in [1.165, 1.54) is 19.2 Å². The molecule has 6 nitrogen and oxygen atoms in total. The second-order valence-electron chi connectivity index (χ2n) is 6.02. The maximum atomic E-state index is 13.4. The number of piperidine rings is 1. The van der Waals surface area contributed by atoms with E-state index < -0.39 is 18.4 Å². The normalized spacial score (nSPS) is 21.8. The van der Waals surface area contributed by atoms with Gasteiger partial charge in [0.05, 0.1) is 13.2 Å². The molecule has 2 heterocycles. The van der Waals surface area contributed by atoms with Crippen LogP contribution < -0.4 is 0 Å². The van der Waals surface area contributed by atoms with Gasteiger partial charge in [0.25, 0.3) is 0 Å². The lowest BCUT2D eigenvalue weighted by Crippen LogP contribution is -2.49. The molecule has 1 aromatic heterocycles. The minimum absolute atomic E-state index is 0.254. The van der Waals surface area contributed by atoms with E-state index in [1.807, 2.05) is 6.20 Å². The largest absolute Gasteiger partial charge is 0.508 e. The Kier molecular flexibility index (Phi) is 5.01. The minimum atomic E-state index is -0.784. The van der Waals surface area contributed by atoms with Gasteiger partial charge in [-0.15, -0.1) is 0 Å². The first-order chi connectivity index (χ1) is 11.6. The van der Waals surface area contributed by atoms with Gasteiger partial charge in [0.2, 0.25) is 0 Å². The molecule has 3 rings (SSSR count). The summed E-state index contributed by atoms with van der Waals surface area (Å²) in [5.41, 5.74) is 1.95. The number of carbonyl (C=O) groups is 1. The highest BCUT2D eigenvalue weighted by atomic mass is 19.1. The quantitative estimate of drug-likeness (QED) is 0.836. The van der Waals surface area contributed by atoms with Crippen molar-refractivity contribution in [3.63, 3.8) is 0 Å². The smallest absolute Gasteiger partial charge is 0.438 e. The number of rotatable bonds is 4. The van der Waals surface area contributed by atoms with Crippen molar-refractivity contribution in [3.8, 4) is 0 Å². The first-order valence-corrected chi connectivity index (χ1v) is 7.97. The molecule has 2 aromatic rings. The highest BCUT2D eigenvalue weighted by Gasteiger charge is 2.31. The van der Waals surface area contributed by atoms with Crippen LogP contribution in [-0.2, 0) is 15.9 Å². The molecular weight excluding hydrogens is 315 g/mol. The Labute approximate surface area is 139 Å². The molecule has 0 amide bonds. The third-order valence-corrected chi connectivity index (χ3v) is 4.45. The number of ether oxygens (including phenoxy) is 2. The SMILES string of the molecule is COC(=O)O[C@H]1CN(CCc2c[nH]c3ccc(F)cc23)CC[C@H]1O. The number of H-pyrrole nitrogens is 1. The lowest BCUT2D eigenvalue weighted by Gasteiger charge is -2.35. The fourth-order valence-corrected chi connectivity index (χ4v) is 3.09. The van der Waals surface area contributed by atoms with E-state index in [1.54, 1.807) is 6.07 Å². The van der Waals surface area contributed by atoms with Crippen LogP contribution in [0.5, 0.6) is 0 Å². The Morgan fingerprint density at radius 1 is 1.50 bits per heavy atom. The van der Waals surface area contributed by atoms with Crippen molar-refractivity contribution < 1.29 is 23.8 Å². The number of aliphatic hydroxyl groups is 1. The summed E-state index contributed by atoms with van der Waals surface area (Å²) < 4.78 is 23.0. The molecule has 1 aliphatic rings. The van der Waals surface area contributed by atoms with E-state index in [4.69, 9.17) is 4.74 Å². The predicted molar refractivity (Wildman–Crippen MR) is 86.3 cm³/mol. The summed E-state index contributed by atoms with van der Waals surface area (Å²) in [5.74, 6) is -0.254. The zero-order chi connectivity index (χ0) is 17.1. The molecule has 24 heavy (non-hydrogen) atoms. The summed E-state index contributed by atoms with van der Waals surface area (Å²) in [6.07, 6.45) is 1.11. The van der Waals surface area contributed by atoms with Gasteiger partial charge < -0.3 is 19.6 Å². The molecule has 0 radical (unpaired) electrons. The Balaban J connectivity index is 1.61. The summed E-state index contributed by atoms with van der Waals surface area (Å²) in [6.45, 7) is 1.91. The molecule has 1 aliphatic heterocycles. The Morgan fingerprint density at radius 2 is 2.33 bits per heavy atom. The van der Waals surface area contributed by atoms with Crippen LogP contribution in [0.2, 0.25) is 0 Å². The molecule has 0 spiro atoms. The van der Waals surface area contributed by atoms with Crippen LogP contribution in [0.3, 0.4) is 0 Å². The summed E-state index contributed by atoms with van der Waals surface area (Å²) in [4.78, 5) is 16.5. The van der Waals surface area contributed by atoms with Crippen LogP contribution in [0.4, 0.5) is 9.18 Å². The van der Waals surface area contributed by atoms with E-state index in [0.29, 0.717) is 13.0 Å². The summed E-state index contributed by atoms with van der Waals surface area (Å²) in [6, 6.07) is 4.69. The molecule has 7 heteroatoms. The molecule has 1 aromatic carbocycles. The van der Waals surface area contributed by atoms with Crippen molar-refractivity contribution in [1.82, 2.24) is 9.88 Å². The lowest BCUT2D eigenvalue weighted by atomic mass is 10.0. The van der Waals surface area contributed by atoms with Gasteiger partial charge in [-0.3, -0.25) is 4.90 Å². The number of methoxy groups -OCH3 is 1. The van der Waals surface area contributed by atoms with Gasteiger partial charge in [-0.1, -0.05) is 0 Å². The van der Waals surface area contributed by atoms with Gasteiger partial charge in [0, 0.05) is 36.7 Å². The highest BCUT2D eigenvalue weighted by molar-refractivity contribution is 5.83. The molecule has 130 valence electrons. The van der Waals surface area contributed by atoms with E-state index in [-0.39, 0.29) is 5.82 Å². The lowest BCUT2D eigenvalue weighted by molar-refractivity contribution is -0.0639. The van der Waals surface area contributed by atoms with Gasteiger partial charge in [-0.2, -0.15) is 0 Å². The molecule has 0 unspecified atom stereocenters. The number of hydrogen-bond acceptors (Lipinski definition) is 5. The third-order valence-electron chi connectivity index (χ3n) is 4.45. The minimum Gasteiger partial charge on any atom is -0.438 e. The first kappa shape index (κ1) is 16.7. The van der Waals surface area contributed by atoms with Crippen molar-refractivity contribution in [1.29, 1.82) is 0 Å². The number of aromatic amines is 1. The van der Waals surface area contributed by atoms with Gasteiger partial charge in [-0.05, 0) is 36.6 Å². The summed E-state index contributed by atoms with van der Waals surface area (Å²) in [7, 11) is 1.24. The van der Waals surface area contributed by atoms with E-state index in [2.05, 4.69) is 14.6 Å². The molecule has 0 bridgehead atoms. The highest BCUT2D eigenvalue weighted by Crippen LogP contribution is 2.21. The summed E-state index contributed by atoms with van der Waals surface area (Å²) in [5, 5.41) is 10.8. The molecule has 1 saturated heterocycles. The number of benzene rings is 1. The third kappa shape index (κ3) is 3.68. The van der Waals surface area contributed by atoms with Gasteiger partial charge in [0.15, 0.2) is 0 Å². The zero-order valence-electron chi connectivity index (χ0n) is 13.5. The molecule has 1 fully saturated rings. The van der Waals surface area contributed by atoms with E-state index in [0.717, 1.165) is 36.0 Å². The number of aromatic nitrogens is 1. The maximum Gasteiger partial charge on any atom is 0.508 e. The number of nitrogens with zero attached hydrogens (tertiary/aromatic N) is 1. The molecule has 2 atom stereocenters. The average molecular weight is 336 g/mol. The van der Waals surface area contributed by atoms with Crippen LogP contribution in [0.25, 0.3) is 10.9 Å². The Morgan fingerprint density at radius 3 is 3.12 bits per heavy atom. The number of carbonyl (C=O) groups excluding carboxylic acids is 1. The standard InChI is InChI=1S/C17H21FN2O4/c1-23-17(22)24-16-10-20(7-5-15(16)21)6-4-11-9-19-14-3-2-12(18)8-13(11)14/h2-3,8-9,15-16,19,21H,4-7,10H2,1H3/t15-,16+/m1/s1. The molecule has 0 saturated carbocycles. The maximum absolute atomic E-state index is 13.4.